The Hall–Kier alpha value is -2.55. The summed E-state index contributed by atoms with van der Waals surface area (Å²) < 4.78 is 2.13. The molecule has 3 heteroatoms. The minimum Gasteiger partial charge on any atom is -0.354 e. The molecule has 1 N–H and O–H groups in total. The molecule has 1 aliphatic carbocycles. The maximum Gasteiger partial charge on any atom is 0.251 e. The molecule has 0 saturated carbocycles. The van der Waals surface area contributed by atoms with E-state index in [0.29, 0.717) is 0 Å². The molecule has 1 aromatic carbocycles. The number of H-pyrrole nitrogens is 1. The van der Waals surface area contributed by atoms with Crippen molar-refractivity contribution in [2.24, 2.45) is 0 Å². The normalized spacial score (nSPS) is 13.2. The molecule has 0 radical (unpaired) electrons. The summed E-state index contributed by atoms with van der Waals surface area (Å²) in [7, 11) is 0. The number of hydrogen-bond acceptors (Lipinski definition) is 1. The van der Waals surface area contributed by atoms with Gasteiger partial charge in [-0.15, -0.1) is 0 Å². The van der Waals surface area contributed by atoms with Gasteiger partial charge in [0, 0.05) is 30.7 Å². The molecule has 0 amide bonds. The number of nitrogens with one attached hydrogen (secondary N) is 1. The lowest BCUT2D eigenvalue weighted by Crippen LogP contribution is -2.17. The lowest BCUT2D eigenvalue weighted by molar-refractivity contribution is 0.696. The third-order valence-electron chi connectivity index (χ3n) is 4.74. The number of aromatic nitrogens is 2. The predicted octanol–water partition coefficient (Wildman–Crippen LogP) is 3.57. The van der Waals surface area contributed by atoms with Crippen molar-refractivity contribution in [1.82, 2.24) is 9.55 Å². The molecule has 1 aliphatic rings. The summed E-state index contributed by atoms with van der Waals surface area (Å²) in [6, 6.07) is 12.6. The van der Waals surface area contributed by atoms with Crippen molar-refractivity contribution in [3.05, 3.63) is 82.0 Å². The second kappa shape index (κ2) is 5.92. The molecule has 0 aliphatic heterocycles. The van der Waals surface area contributed by atoms with Crippen molar-refractivity contribution in [3.63, 3.8) is 0 Å². The highest BCUT2D eigenvalue weighted by atomic mass is 16.1. The fourth-order valence-corrected chi connectivity index (χ4v) is 3.60. The molecule has 0 bridgehead atoms. The van der Waals surface area contributed by atoms with E-state index >= 15 is 0 Å². The van der Waals surface area contributed by atoms with E-state index < -0.39 is 0 Å². The minimum atomic E-state index is 0.0487. The zero-order chi connectivity index (χ0) is 15.6. The first-order valence-corrected chi connectivity index (χ1v) is 8.25. The number of nitrogens with zero attached hydrogens (tertiary/aromatic N) is 1. The average Bonchev–Trinajstić information content (AvgIpc) is 3.01. The Labute approximate surface area is 135 Å². The second-order valence-electron chi connectivity index (χ2n) is 6.18. The summed E-state index contributed by atoms with van der Waals surface area (Å²) in [5.74, 6) is 0. The molecule has 0 spiro atoms. The molecule has 0 fully saturated rings. The van der Waals surface area contributed by atoms with Crippen molar-refractivity contribution < 1.29 is 0 Å². The Balaban J connectivity index is 1.83. The van der Waals surface area contributed by atoms with Crippen LogP contribution in [0.2, 0.25) is 0 Å². The Kier molecular flexibility index (Phi) is 3.62. The Morgan fingerprint density at radius 3 is 2.65 bits per heavy atom. The van der Waals surface area contributed by atoms with Crippen molar-refractivity contribution in [1.29, 1.82) is 0 Å². The van der Waals surface area contributed by atoms with Gasteiger partial charge in [0.1, 0.15) is 0 Å². The summed E-state index contributed by atoms with van der Waals surface area (Å²) >= 11 is 0. The van der Waals surface area contributed by atoms with Crippen LogP contribution in [0.5, 0.6) is 0 Å². The molecule has 116 valence electrons. The molecular weight excluding hydrogens is 284 g/mol. The maximum absolute atomic E-state index is 12.5. The standard InChI is InChI=1S/C20H20N2O/c23-20-18(10-13-22-11-3-4-12-22)19-16(14-21-20)8-5-7-15-6-1-2-9-17(15)19/h1-4,6,9,11-12,14H,5,7-8,10,13H2,(H,21,23). The molecule has 4 rings (SSSR count). The number of fused-ring (bicyclic) bond motifs is 3. The van der Waals surface area contributed by atoms with Gasteiger partial charge in [0.05, 0.1) is 0 Å². The molecule has 2 aromatic heterocycles. The molecule has 2 heterocycles. The maximum atomic E-state index is 12.5. The lowest BCUT2D eigenvalue weighted by Gasteiger charge is -2.14. The van der Waals surface area contributed by atoms with Gasteiger partial charge in [-0.05, 0) is 60.1 Å². The molecule has 0 atom stereocenters. The molecule has 0 saturated heterocycles. The van der Waals surface area contributed by atoms with Crippen molar-refractivity contribution in [3.8, 4) is 11.1 Å². The van der Waals surface area contributed by atoms with Crippen LogP contribution >= 0.6 is 0 Å². The van der Waals surface area contributed by atoms with Crippen LogP contribution in [0.3, 0.4) is 0 Å². The van der Waals surface area contributed by atoms with Crippen LogP contribution in [0.25, 0.3) is 11.1 Å². The molecule has 3 nitrogen and oxygen atoms in total. The van der Waals surface area contributed by atoms with Gasteiger partial charge in [-0.2, -0.15) is 0 Å². The predicted molar refractivity (Wildman–Crippen MR) is 92.7 cm³/mol. The fraction of sp³-hybridized carbons (Fsp3) is 0.250. The van der Waals surface area contributed by atoms with Crippen LogP contribution in [-0.2, 0) is 25.8 Å². The third-order valence-corrected chi connectivity index (χ3v) is 4.74. The summed E-state index contributed by atoms with van der Waals surface area (Å²) in [4.78, 5) is 15.5. The number of rotatable bonds is 3. The topological polar surface area (TPSA) is 37.8 Å². The van der Waals surface area contributed by atoms with Gasteiger partial charge in [0.25, 0.3) is 5.56 Å². The Morgan fingerprint density at radius 1 is 1.00 bits per heavy atom. The Bertz CT molecular complexity index is 875. The van der Waals surface area contributed by atoms with Gasteiger partial charge in [-0.25, -0.2) is 0 Å². The summed E-state index contributed by atoms with van der Waals surface area (Å²) in [5, 5.41) is 0. The third kappa shape index (κ3) is 2.63. The largest absolute Gasteiger partial charge is 0.354 e. The van der Waals surface area contributed by atoms with Gasteiger partial charge in [0.2, 0.25) is 0 Å². The zero-order valence-corrected chi connectivity index (χ0v) is 13.1. The van der Waals surface area contributed by atoms with Crippen LogP contribution in [0.15, 0.2) is 59.8 Å². The van der Waals surface area contributed by atoms with Crippen molar-refractivity contribution in [2.75, 3.05) is 0 Å². The number of pyridine rings is 1. The molecule has 0 unspecified atom stereocenters. The first-order valence-electron chi connectivity index (χ1n) is 8.25. The number of benzene rings is 1. The van der Waals surface area contributed by atoms with Crippen LogP contribution in [0.4, 0.5) is 0 Å². The van der Waals surface area contributed by atoms with E-state index in [-0.39, 0.29) is 5.56 Å². The fourth-order valence-electron chi connectivity index (χ4n) is 3.60. The highest BCUT2D eigenvalue weighted by Gasteiger charge is 2.19. The molecule has 23 heavy (non-hydrogen) atoms. The average molecular weight is 304 g/mol. The SMILES string of the molecule is O=c1[nH]cc2c(c1CCn1cccc1)-c1ccccc1CCC2. The number of aromatic amines is 1. The van der Waals surface area contributed by atoms with Gasteiger partial charge in [-0.3, -0.25) is 4.79 Å². The first-order chi connectivity index (χ1) is 11.3. The van der Waals surface area contributed by atoms with E-state index in [4.69, 9.17) is 0 Å². The minimum absolute atomic E-state index is 0.0487. The van der Waals surface area contributed by atoms with Crippen LogP contribution < -0.4 is 5.56 Å². The van der Waals surface area contributed by atoms with E-state index in [0.717, 1.165) is 37.8 Å². The highest BCUT2D eigenvalue weighted by molar-refractivity contribution is 5.74. The van der Waals surface area contributed by atoms with Crippen LogP contribution in [0.1, 0.15) is 23.1 Å². The number of aryl methyl sites for hydroxylation is 3. The van der Waals surface area contributed by atoms with Gasteiger partial charge in [0.15, 0.2) is 0 Å². The lowest BCUT2D eigenvalue weighted by atomic mass is 9.92. The van der Waals surface area contributed by atoms with Gasteiger partial charge < -0.3 is 9.55 Å². The van der Waals surface area contributed by atoms with Crippen LogP contribution in [0, 0.1) is 0 Å². The van der Waals surface area contributed by atoms with Gasteiger partial charge in [-0.1, -0.05) is 24.3 Å². The van der Waals surface area contributed by atoms with E-state index in [1.165, 1.54) is 22.3 Å². The first kappa shape index (κ1) is 14.1. The summed E-state index contributed by atoms with van der Waals surface area (Å²) in [5.41, 5.74) is 6.02. The Morgan fingerprint density at radius 2 is 1.78 bits per heavy atom. The number of hydrogen-bond donors (Lipinski definition) is 1. The molecular formula is C20H20N2O. The smallest absolute Gasteiger partial charge is 0.251 e. The van der Waals surface area contributed by atoms with Gasteiger partial charge >= 0.3 is 0 Å². The van der Waals surface area contributed by atoms with Crippen LogP contribution in [-0.4, -0.2) is 9.55 Å². The zero-order valence-electron chi connectivity index (χ0n) is 13.1. The monoisotopic (exact) mass is 304 g/mol. The quantitative estimate of drug-likeness (QED) is 0.789. The van der Waals surface area contributed by atoms with E-state index in [9.17, 15) is 4.79 Å². The van der Waals surface area contributed by atoms with E-state index in [1.807, 2.05) is 30.7 Å². The van der Waals surface area contributed by atoms with Crippen molar-refractivity contribution in [2.45, 2.75) is 32.2 Å². The van der Waals surface area contributed by atoms with Crippen molar-refractivity contribution >= 4 is 0 Å². The highest BCUT2D eigenvalue weighted by Crippen LogP contribution is 2.33. The second-order valence-corrected chi connectivity index (χ2v) is 6.18. The summed E-state index contributed by atoms with van der Waals surface area (Å²) in [6.45, 7) is 0.828. The summed E-state index contributed by atoms with van der Waals surface area (Å²) in [6.07, 6.45) is 9.99. The van der Waals surface area contributed by atoms with E-state index in [2.05, 4.69) is 33.8 Å². The van der Waals surface area contributed by atoms with E-state index in [1.54, 1.807) is 0 Å². The molecule has 3 aromatic rings.